The second kappa shape index (κ2) is 10.2. The van der Waals surface area contributed by atoms with Gasteiger partial charge in [-0.3, -0.25) is 24.8 Å². The third kappa shape index (κ3) is 5.00. The zero-order valence-electron chi connectivity index (χ0n) is 19.9. The lowest BCUT2D eigenvalue weighted by Gasteiger charge is -2.31. The van der Waals surface area contributed by atoms with Crippen molar-refractivity contribution in [2.75, 3.05) is 20.3 Å². The Hall–Kier alpha value is -3.85. The van der Waals surface area contributed by atoms with Crippen molar-refractivity contribution in [3.8, 4) is 0 Å². The number of nitro benzene ring substituents is 1. The normalized spacial score (nSPS) is 19.7. The molecule has 2 unspecified atom stereocenters. The predicted molar refractivity (Wildman–Crippen MR) is 129 cm³/mol. The van der Waals surface area contributed by atoms with Crippen LogP contribution in [-0.4, -0.2) is 47.7 Å². The largest absolute Gasteiger partial charge is 0.468 e. The summed E-state index contributed by atoms with van der Waals surface area (Å²) in [7, 11) is 1.26. The minimum atomic E-state index is -0.902. The molecule has 0 bridgehead atoms. The number of hydrogen-bond acceptors (Lipinski definition) is 8. The Balaban J connectivity index is 1.57. The average molecular weight is 478 g/mol. The minimum absolute atomic E-state index is 0.134. The van der Waals surface area contributed by atoms with Crippen molar-refractivity contribution in [1.29, 1.82) is 0 Å². The monoisotopic (exact) mass is 477 g/mol. The van der Waals surface area contributed by atoms with Gasteiger partial charge in [-0.1, -0.05) is 36.4 Å². The van der Waals surface area contributed by atoms with Crippen molar-refractivity contribution in [2.45, 2.75) is 32.9 Å². The van der Waals surface area contributed by atoms with Crippen molar-refractivity contribution < 1.29 is 24.0 Å². The predicted octanol–water partition coefficient (Wildman–Crippen LogP) is 3.78. The van der Waals surface area contributed by atoms with E-state index in [1.165, 1.54) is 36.4 Å². The molecule has 0 spiro atoms. The summed E-state index contributed by atoms with van der Waals surface area (Å²) in [5.41, 5.74) is 3.93. The van der Waals surface area contributed by atoms with Crippen LogP contribution in [0.15, 0.2) is 64.8 Å². The van der Waals surface area contributed by atoms with Crippen LogP contribution >= 0.6 is 0 Å². The van der Waals surface area contributed by atoms with Crippen molar-refractivity contribution in [3.63, 3.8) is 0 Å². The van der Waals surface area contributed by atoms with Gasteiger partial charge in [0.15, 0.2) is 0 Å². The molecule has 0 amide bonds. The van der Waals surface area contributed by atoms with Crippen LogP contribution in [0.1, 0.15) is 36.5 Å². The molecule has 182 valence electrons. The summed E-state index contributed by atoms with van der Waals surface area (Å²) in [5.74, 6) is -2.89. The molecule has 2 atom stereocenters. The van der Waals surface area contributed by atoms with Crippen LogP contribution in [0.5, 0.6) is 0 Å². The van der Waals surface area contributed by atoms with Crippen LogP contribution in [0.3, 0.4) is 0 Å². The molecule has 0 radical (unpaired) electrons. The maximum atomic E-state index is 13.3. The summed E-state index contributed by atoms with van der Waals surface area (Å²) in [6.07, 6.45) is 0. The maximum Gasteiger partial charge on any atom is 0.336 e. The van der Waals surface area contributed by atoms with Crippen LogP contribution < -0.4 is 0 Å². The second-order valence-corrected chi connectivity index (χ2v) is 8.70. The molecule has 2 heterocycles. The molecule has 0 N–H and O–H groups in total. The molecule has 2 aliphatic heterocycles. The number of rotatable bonds is 7. The van der Waals surface area contributed by atoms with E-state index in [-0.39, 0.29) is 17.9 Å². The lowest BCUT2D eigenvalue weighted by atomic mass is 9.75. The fourth-order valence-electron chi connectivity index (χ4n) is 4.83. The van der Waals surface area contributed by atoms with Gasteiger partial charge in [0, 0.05) is 49.1 Å². The van der Waals surface area contributed by atoms with Gasteiger partial charge in [-0.25, -0.2) is 4.79 Å². The Morgan fingerprint density at radius 3 is 2.43 bits per heavy atom. The molecule has 2 aromatic carbocycles. The van der Waals surface area contributed by atoms with Crippen LogP contribution in [0.25, 0.3) is 0 Å². The zero-order valence-corrected chi connectivity index (χ0v) is 19.9. The molecule has 0 aliphatic carbocycles. The number of hydrogen-bond donors (Lipinski definition) is 0. The summed E-state index contributed by atoms with van der Waals surface area (Å²) in [6.45, 7) is 5.66. The summed E-state index contributed by atoms with van der Waals surface area (Å²) >= 11 is 0. The van der Waals surface area contributed by atoms with E-state index in [0.29, 0.717) is 23.5 Å². The standard InChI is InChI=1S/C26H27N3O6/c1-16-22(25(30)34-3)24(18-9-6-10-21(13-18)29(32)33)23(17(2)27-16)26(31)35-12-11-28-14-19-7-4-5-8-20(19)15-28/h4-10,13,22,24H,11-12,14-15H2,1-3H3. The van der Waals surface area contributed by atoms with Crippen molar-refractivity contribution >= 4 is 23.3 Å². The molecule has 2 aliphatic rings. The Morgan fingerprint density at radius 2 is 1.80 bits per heavy atom. The van der Waals surface area contributed by atoms with Crippen molar-refractivity contribution in [1.82, 2.24) is 4.90 Å². The Bertz CT molecular complexity index is 1210. The van der Waals surface area contributed by atoms with E-state index < -0.39 is 28.7 Å². The lowest BCUT2D eigenvalue weighted by molar-refractivity contribution is -0.384. The average Bonchev–Trinajstić information content (AvgIpc) is 3.26. The first-order valence-electron chi connectivity index (χ1n) is 11.3. The Kier molecular flexibility index (Phi) is 7.07. The highest BCUT2D eigenvalue weighted by Crippen LogP contribution is 2.41. The summed E-state index contributed by atoms with van der Waals surface area (Å²) in [6, 6.07) is 14.1. The van der Waals surface area contributed by atoms with E-state index in [1.807, 2.05) is 12.1 Å². The van der Waals surface area contributed by atoms with Crippen LogP contribution in [0.4, 0.5) is 5.69 Å². The number of methoxy groups -OCH3 is 1. The lowest BCUT2D eigenvalue weighted by Crippen LogP contribution is -2.36. The van der Waals surface area contributed by atoms with E-state index in [4.69, 9.17) is 9.47 Å². The molecule has 0 fully saturated rings. The van der Waals surface area contributed by atoms with Gasteiger partial charge in [0.1, 0.15) is 12.5 Å². The SMILES string of the molecule is COC(=O)C1C(C)=NC(C)=C(C(=O)OCCN2Cc3ccccc3C2)C1c1cccc([N+](=O)[O-])c1. The van der Waals surface area contributed by atoms with E-state index in [1.54, 1.807) is 19.9 Å². The van der Waals surface area contributed by atoms with Gasteiger partial charge in [0.05, 0.1) is 17.6 Å². The van der Waals surface area contributed by atoms with Gasteiger partial charge in [-0.2, -0.15) is 0 Å². The maximum absolute atomic E-state index is 13.3. The molecule has 0 saturated carbocycles. The van der Waals surface area contributed by atoms with Gasteiger partial charge in [0.2, 0.25) is 0 Å². The van der Waals surface area contributed by atoms with E-state index in [2.05, 4.69) is 22.0 Å². The summed E-state index contributed by atoms with van der Waals surface area (Å²) < 4.78 is 10.6. The number of non-ortho nitro benzene ring substituents is 1. The summed E-state index contributed by atoms with van der Waals surface area (Å²) in [5, 5.41) is 11.4. The highest BCUT2D eigenvalue weighted by Gasteiger charge is 2.42. The van der Waals surface area contributed by atoms with Gasteiger partial charge in [-0.15, -0.1) is 0 Å². The molecule has 0 saturated heterocycles. The number of esters is 2. The number of benzene rings is 2. The smallest absolute Gasteiger partial charge is 0.336 e. The van der Waals surface area contributed by atoms with Gasteiger partial charge in [0.25, 0.3) is 5.69 Å². The zero-order chi connectivity index (χ0) is 25.1. The number of nitro groups is 1. The van der Waals surface area contributed by atoms with E-state index >= 15 is 0 Å². The topological polar surface area (TPSA) is 111 Å². The van der Waals surface area contributed by atoms with Crippen LogP contribution in [0.2, 0.25) is 0 Å². The number of aliphatic imine (C=N–C) groups is 1. The van der Waals surface area contributed by atoms with Gasteiger partial charge < -0.3 is 9.47 Å². The Morgan fingerprint density at radius 1 is 1.11 bits per heavy atom. The fourth-order valence-corrected chi connectivity index (χ4v) is 4.83. The van der Waals surface area contributed by atoms with Crippen LogP contribution in [0, 0.1) is 16.0 Å². The second-order valence-electron chi connectivity index (χ2n) is 8.70. The van der Waals surface area contributed by atoms with Gasteiger partial charge >= 0.3 is 11.9 Å². The number of carbonyl (C=O) groups excluding carboxylic acids is 2. The molecular formula is C26H27N3O6. The number of ether oxygens (including phenoxy) is 2. The number of fused-ring (bicyclic) bond motifs is 1. The third-order valence-corrected chi connectivity index (χ3v) is 6.49. The molecule has 9 nitrogen and oxygen atoms in total. The first kappa shape index (κ1) is 24.3. The number of carbonyl (C=O) groups is 2. The highest BCUT2D eigenvalue weighted by atomic mass is 16.6. The number of nitrogens with zero attached hydrogens (tertiary/aromatic N) is 3. The minimum Gasteiger partial charge on any atom is -0.468 e. The molecule has 9 heteroatoms. The Labute approximate surface area is 203 Å². The van der Waals surface area contributed by atoms with Crippen LogP contribution in [-0.2, 0) is 32.2 Å². The first-order valence-corrected chi connectivity index (χ1v) is 11.3. The quantitative estimate of drug-likeness (QED) is 0.339. The number of allylic oxidation sites excluding steroid dienone is 1. The molecular weight excluding hydrogens is 450 g/mol. The van der Waals surface area contributed by atoms with Crippen molar-refractivity contribution in [2.24, 2.45) is 10.9 Å². The summed E-state index contributed by atoms with van der Waals surface area (Å²) in [4.78, 5) is 43.5. The molecule has 4 rings (SSSR count). The van der Waals surface area contributed by atoms with Gasteiger partial charge in [-0.05, 0) is 30.5 Å². The van der Waals surface area contributed by atoms with E-state index in [9.17, 15) is 19.7 Å². The van der Waals surface area contributed by atoms with Crippen molar-refractivity contribution in [3.05, 3.63) is 86.6 Å². The molecule has 35 heavy (non-hydrogen) atoms. The fraction of sp³-hybridized carbons (Fsp3) is 0.346. The third-order valence-electron chi connectivity index (χ3n) is 6.49. The molecule has 2 aromatic rings. The first-order chi connectivity index (χ1) is 16.8. The molecule has 0 aromatic heterocycles. The highest BCUT2D eigenvalue weighted by molar-refractivity contribution is 6.07. The van der Waals surface area contributed by atoms with E-state index in [0.717, 1.165) is 13.1 Å².